The zero-order valence-corrected chi connectivity index (χ0v) is 35.4. The van der Waals surface area contributed by atoms with E-state index < -0.39 is 0 Å². The molecular weight excluding hydrogens is 769 g/mol. The van der Waals surface area contributed by atoms with Gasteiger partial charge in [-0.2, -0.15) is 0 Å². The van der Waals surface area contributed by atoms with Gasteiger partial charge in [0.05, 0.1) is 0 Å². The predicted molar refractivity (Wildman–Crippen MR) is 267 cm³/mol. The van der Waals surface area contributed by atoms with Crippen molar-refractivity contribution in [2.75, 3.05) is 9.80 Å². The number of hydrogen-bond acceptors (Lipinski definition) is 3. The van der Waals surface area contributed by atoms with Gasteiger partial charge in [0.2, 0.25) is 0 Å². The summed E-state index contributed by atoms with van der Waals surface area (Å²) < 4.78 is 2.61. The summed E-state index contributed by atoms with van der Waals surface area (Å²) in [6.07, 6.45) is 0. The fraction of sp³-hybridized carbons (Fsp3) is 0.0508. The van der Waals surface area contributed by atoms with Crippen LogP contribution >= 0.6 is 11.3 Å². The van der Waals surface area contributed by atoms with Crippen LogP contribution in [0.4, 0.5) is 34.1 Å². The summed E-state index contributed by atoms with van der Waals surface area (Å²) in [6, 6.07) is 80.0. The lowest BCUT2D eigenvalue weighted by atomic mass is 9.82. The Morgan fingerprint density at radius 1 is 0.339 bits per heavy atom. The van der Waals surface area contributed by atoms with E-state index in [1.165, 1.54) is 80.8 Å². The van der Waals surface area contributed by atoms with Gasteiger partial charge in [-0.05, 0) is 128 Å². The van der Waals surface area contributed by atoms with Crippen LogP contribution in [0.3, 0.4) is 0 Å². The fourth-order valence-corrected chi connectivity index (χ4v) is 11.3. The minimum atomic E-state index is -0.0862. The van der Waals surface area contributed by atoms with E-state index in [4.69, 9.17) is 0 Å². The van der Waals surface area contributed by atoms with Crippen LogP contribution in [0.25, 0.3) is 64.0 Å². The van der Waals surface area contributed by atoms with Gasteiger partial charge in [0.15, 0.2) is 0 Å². The molecule has 11 aromatic rings. The van der Waals surface area contributed by atoms with E-state index in [0.29, 0.717) is 0 Å². The molecule has 0 radical (unpaired) electrons. The lowest BCUT2D eigenvalue weighted by molar-refractivity contribution is 0.660. The van der Waals surface area contributed by atoms with Crippen LogP contribution in [-0.4, -0.2) is 0 Å². The zero-order chi connectivity index (χ0) is 41.4. The number of para-hydroxylation sites is 3. The van der Waals surface area contributed by atoms with E-state index in [1.54, 1.807) is 0 Å². The summed E-state index contributed by atoms with van der Waals surface area (Å²) in [5, 5.41) is 7.78. The van der Waals surface area contributed by atoms with Crippen molar-refractivity contribution in [1.29, 1.82) is 0 Å². The third kappa shape index (κ3) is 5.77. The summed E-state index contributed by atoms with van der Waals surface area (Å²) in [4.78, 5) is 4.74. The minimum Gasteiger partial charge on any atom is -0.311 e. The normalized spacial score (nSPS) is 12.8. The van der Waals surface area contributed by atoms with E-state index in [9.17, 15) is 0 Å². The molecular formula is C59H42N2S. The van der Waals surface area contributed by atoms with Gasteiger partial charge in [0.1, 0.15) is 0 Å². The van der Waals surface area contributed by atoms with E-state index in [0.717, 1.165) is 28.4 Å². The molecule has 0 N–H and O–H groups in total. The first-order chi connectivity index (χ1) is 30.5. The summed E-state index contributed by atoms with van der Waals surface area (Å²) in [5.41, 5.74) is 14.6. The van der Waals surface area contributed by atoms with Crippen molar-refractivity contribution in [3.63, 3.8) is 0 Å². The summed E-state index contributed by atoms with van der Waals surface area (Å²) in [5.74, 6) is 0. The molecule has 1 aliphatic carbocycles. The number of fused-ring (bicyclic) bond motifs is 11. The second kappa shape index (κ2) is 14.3. The monoisotopic (exact) mass is 810 g/mol. The Morgan fingerprint density at radius 3 is 1.53 bits per heavy atom. The Morgan fingerprint density at radius 2 is 0.839 bits per heavy atom. The maximum Gasteiger partial charge on any atom is 0.0476 e. The molecule has 12 rings (SSSR count). The van der Waals surface area contributed by atoms with Gasteiger partial charge in [-0.3, -0.25) is 0 Å². The summed E-state index contributed by atoms with van der Waals surface area (Å²) in [6.45, 7) is 4.72. The van der Waals surface area contributed by atoms with Crippen molar-refractivity contribution in [1.82, 2.24) is 0 Å². The number of benzene rings is 10. The van der Waals surface area contributed by atoms with Gasteiger partial charge in [0.25, 0.3) is 0 Å². The van der Waals surface area contributed by atoms with Crippen molar-refractivity contribution in [2.45, 2.75) is 19.3 Å². The average molecular weight is 811 g/mol. The molecule has 0 spiro atoms. The Balaban J connectivity index is 0.970. The van der Waals surface area contributed by atoms with Crippen LogP contribution < -0.4 is 9.80 Å². The lowest BCUT2D eigenvalue weighted by Crippen LogP contribution is -2.16. The molecule has 0 fully saturated rings. The van der Waals surface area contributed by atoms with Crippen molar-refractivity contribution in [3.05, 3.63) is 230 Å². The molecule has 0 unspecified atom stereocenters. The second-order valence-electron chi connectivity index (χ2n) is 16.9. The highest BCUT2D eigenvalue weighted by Crippen LogP contribution is 2.52. The van der Waals surface area contributed by atoms with Gasteiger partial charge in [-0.15, -0.1) is 11.3 Å². The molecule has 294 valence electrons. The van der Waals surface area contributed by atoms with Gasteiger partial charge < -0.3 is 9.80 Å². The standard InChI is InChI=1S/C59H42N2S/c1-59(2)54-25-15-14-23-48(54)49-34-31-45(37-55(49)59)61(43-20-10-5-11-21-43)46-32-35-52-56(38-46)62-58-51-33-28-40(36-53(51)47-22-12-13-24-50(47)57(52)58)39-26-29-44(30-27-39)60(41-16-6-3-7-17-41)42-18-8-4-9-19-42/h3-38H,1-2H3. The first kappa shape index (κ1) is 36.4. The molecule has 0 saturated carbocycles. The third-order valence-electron chi connectivity index (χ3n) is 13.0. The Hall–Kier alpha value is -7.46. The predicted octanol–water partition coefficient (Wildman–Crippen LogP) is 17.3. The molecule has 2 nitrogen and oxygen atoms in total. The maximum absolute atomic E-state index is 2.43. The highest BCUT2D eigenvalue weighted by atomic mass is 32.1. The van der Waals surface area contributed by atoms with E-state index in [-0.39, 0.29) is 5.41 Å². The molecule has 0 atom stereocenters. The minimum absolute atomic E-state index is 0.0862. The molecule has 0 amide bonds. The zero-order valence-electron chi connectivity index (χ0n) is 34.6. The van der Waals surface area contributed by atoms with Crippen molar-refractivity contribution < 1.29 is 0 Å². The molecule has 0 bridgehead atoms. The SMILES string of the molecule is CC1(C)c2ccccc2-c2ccc(N(c3ccccc3)c3ccc4c(c3)sc3c5ccc(-c6ccc(N(c7ccccc7)c7ccccc7)cc6)cc5c5ccccc5c43)cc21. The molecule has 10 aromatic carbocycles. The van der Waals surface area contributed by atoms with Crippen LogP contribution in [0, 0.1) is 0 Å². The number of thiophene rings is 1. The number of rotatable bonds is 7. The number of nitrogens with zero attached hydrogens (tertiary/aromatic N) is 2. The van der Waals surface area contributed by atoms with E-state index >= 15 is 0 Å². The Kier molecular flexibility index (Phi) is 8.41. The van der Waals surface area contributed by atoms with Crippen LogP contribution in [-0.2, 0) is 5.41 Å². The van der Waals surface area contributed by atoms with Gasteiger partial charge in [0, 0.05) is 65.1 Å². The Labute approximate surface area is 366 Å². The average Bonchev–Trinajstić information content (AvgIpc) is 3.82. The number of anilines is 6. The van der Waals surface area contributed by atoms with Crippen molar-refractivity contribution in [2.24, 2.45) is 0 Å². The highest BCUT2D eigenvalue weighted by molar-refractivity contribution is 7.27. The summed E-state index contributed by atoms with van der Waals surface area (Å²) >= 11 is 1.91. The highest BCUT2D eigenvalue weighted by Gasteiger charge is 2.35. The van der Waals surface area contributed by atoms with Crippen LogP contribution in [0.2, 0.25) is 0 Å². The van der Waals surface area contributed by atoms with Crippen LogP contribution in [0.15, 0.2) is 218 Å². The first-order valence-electron chi connectivity index (χ1n) is 21.4. The first-order valence-corrected chi connectivity index (χ1v) is 22.2. The topological polar surface area (TPSA) is 6.48 Å². The molecule has 62 heavy (non-hydrogen) atoms. The molecule has 1 aliphatic rings. The molecule has 3 heteroatoms. The molecule has 0 saturated heterocycles. The maximum atomic E-state index is 2.43. The van der Waals surface area contributed by atoms with Crippen LogP contribution in [0.5, 0.6) is 0 Å². The van der Waals surface area contributed by atoms with Crippen molar-refractivity contribution in [3.8, 4) is 22.3 Å². The smallest absolute Gasteiger partial charge is 0.0476 e. The quantitative estimate of drug-likeness (QED) is 0.148. The van der Waals surface area contributed by atoms with Crippen LogP contribution in [0.1, 0.15) is 25.0 Å². The third-order valence-corrected chi connectivity index (χ3v) is 14.2. The second-order valence-corrected chi connectivity index (χ2v) is 18.0. The van der Waals surface area contributed by atoms with E-state index in [2.05, 4.69) is 242 Å². The molecule has 1 heterocycles. The van der Waals surface area contributed by atoms with Gasteiger partial charge >= 0.3 is 0 Å². The lowest BCUT2D eigenvalue weighted by Gasteiger charge is -2.28. The fourth-order valence-electron chi connectivity index (χ4n) is 10.0. The van der Waals surface area contributed by atoms with Gasteiger partial charge in [-0.1, -0.05) is 153 Å². The molecule has 0 aliphatic heterocycles. The van der Waals surface area contributed by atoms with Gasteiger partial charge in [-0.25, -0.2) is 0 Å². The van der Waals surface area contributed by atoms with Crippen molar-refractivity contribution >= 4 is 87.2 Å². The number of hydrogen-bond donors (Lipinski definition) is 0. The Bertz CT molecular complexity index is 3440. The summed E-state index contributed by atoms with van der Waals surface area (Å²) in [7, 11) is 0. The van der Waals surface area contributed by atoms with E-state index in [1.807, 2.05) is 11.3 Å². The largest absolute Gasteiger partial charge is 0.311 e. The molecule has 1 aromatic heterocycles.